The summed E-state index contributed by atoms with van der Waals surface area (Å²) in [6.07, 6.45) is 2.32. The Morgan fingerprint density at radius 3 is 1.88 bits per heavy atom. The fraction of sp³-hybridized carbons (Fsp3) is 0.609. The molecule has 0 aromatic heterocycles. The second kappa shape index (κ2) is 28.8. The van der Waals surface area contributed by atoms with Crippen molar-refractivity contribution in [3.8, 4) is 0 Å². The van der Waals surface area contributed by atoms with Crippen LogP contribution in [0, 0.1) is 6.92 Å². The molecule has 9 nitrogen and oxygen atoms in total. The molecule has 32 heavy (non-hydrogen) atoms. The summed E-state index contributed by atoms with van der Waals surface area (Å²) >= 11 is 0. The number of ether oxygens (including phenoxy) is 3. The molecule has 0 bridgehead atoms. The number of benzene rings is 1. The molecule has 0 saturated carbocycles. The third-order valence-electron chi connectivity index (χ3n) is 3.12. The summed E-state index contributed by atoms with van der Waals surface area (Å²) in [6, 6.07) is 7.63. The van der Waals surface area contributed by atoms with Crippen molar-refractivity contribution in [2.75, 3.05) is 58.1 Å². The van der Waals surface area contributed by atoms with Crippen molar-refractivity contribution < 1.29 is 24.1 Å². The number of amides is 1. The summed E-state index contributed by atoms with van der Waals surface area (Å²) in [7, 11) is 0. The van der Waals surface area contributed by atoms with Gasteiger partial charge in [0.25, 0.3) is 0 Å². The largest absolute Gasteiger partial charge is 0.401 e. The van der Waals surface area contributed by atoms with Crippen molar-refractivity contribution in [3.63, 3.8) is 0 Å². The summed E-state index contributed by atoms with van der Waals surface area (Å²) in [6.45, 7) is 15.3. The number of anilines is 1. The Balaban J connectivity index is -0.000000503. The van der Waals surface area contributed by atoms with E-state index in [1.165, 1.54) is 10.6 Å². The van der Waals surface area contributed by atoms with E-state index < -0.39 is 0 Å². The Hall–Kier alpha value is -2.17. The third kappa shape index (κ3) is 27.8. The van der Waals surface area contributed by atoms with E-state index in [1.807, 2.05) is 58.9 Å². The van der Waals surface area contributed by atoms with E-state index in [0.717, 1.165) is 5.69 Å². The van der Waals surface area contributed by atoms with E-state index in [9.17, 15) is 4.79 Å². The molecule has 188 valence electrons. The van der Waals surface area contributed by atoms with E-state index in [1.54, 1.807) is 13.1 Å². The minimum absolute atomic E-state index is 0.0371. The highest BCUT2D eigenvalue weighted by Crippen LogP contribution is 2.06. The van der Waals surface area contributed by atoms with Crippen molar-refractivity contribution in [1.29, 1.82) is 0 Å². The van der Waals surface area contributed by atoms with Crippen LogP contribution in [0.1, 0.15) is 40.2 Å². The van der Waals surface area contributed by atoms with Crippen LogP contribution in [0.5, 0.6) is 0 Å². The molecule has 0 unspecified atom stereocenters. The van der Waals surface area contributed by atoms with Crippen molar-refractivity contribution >= 4 is 12.1 Å². The van der Waals surface area contributed by atoms with Crippen LogP contribution in [0.4, 0.5) is 5.69 Å². The van der Waals surface area contributed by atoms with Crippen LogP contribution in [0.2, 0.25) is 0 Å². The van der Waals surface area contributed by atoms with Gasteiger partial charge in [-0.15, -0.1) is 0 Å². The molecule has 0 aliphatic rings. The number of nitrogens with one attached hydrogen (secondary N) is 1. The van der Waals surface area contributed by atoms with Crippen molar-refractivity contribution in [2.45, 2.75) is 41.5 Å². The second-order valence-corrected chi connectivity index (χ2v) is 5.80. The first-order chi connectivity index (χ1) is 15.5. The minimum Gasteiger partial charge on any atom is -0.401 e. The quantitative estimate of drug-likeness (QED) is 0.145. The number of carbonyl (C=O) groups excluding carboxylic acids is 1. The maximum Gasteiger partial charge on any atom is 0.211 e. The average molecular weight is 459 g/mol. The molecule has 6 N–H and O–H groups in total. The van der Waals surface area contributed by atoms with Gasteiger partial charge in [-0.1, -0.05) is 45.4 Å². The van der Waals surface area contributed by atoms with E-state index >= 15 is 0 Å². The predicted octanol–water partition coefficient (Wildman–Crippen LogP) is 2.64. The zero-order chi connectivity index (χ0) is 25.0. The number of rotatable bonds is 14. The monoisotopic (exact) mass is 458 g/mol. The molecule has 1 aromatic rings. The van der Waals surface area contributed by atoms with E-state index in [2.05, 4.69) is 5.32 Å². The highest BCUT2D eigenvalue weighted by atomic mass is 16.5. The summed E-state index contributed by atoms with van der Waals surface area (Å²) in [5.74, 6) is 5.61. The van der Waals surface area contributed by atoms with Crippen molar-refractivity contribution in [1.82, 2.24) is 5.01 Å². The van der Waals surface area contributed by atoms with Gasteiger partial charge in [-0.25, -0.2) is 5.84 Å². The number of hydrogen-bond donors (Lipinski definition) is 4. The molecule has 0 fully saturated rings. The van der Waals surface area contributed by atoms with Gasteiger partial charge in [-0.3, -0.25) is 4.79 Å². The molecule has 0 heterocycles. The maximum absolute atomic E-state index is 9.95. The number of allylic oxidation sites excluding steroid dienone is 1. The fourth-order valence-corrected chi connectivity index (χ4v) is 1.82. The lowest BCUT2D eigenvalue weighted by molar-refractivity contribution is -0.105. The van der Waals surface area contributed by atoms with Gasteiger partial charge in [0.1, 0.15) is 0 Å². The van der Waals surface area contributed by atoms with Crippen LogP contribution in [0.3, 0.4) is 0 Å². The molecule has 0 aliphatic carbocycles. The van der Waals surface area contributed by atoms with Gasteiger partial charge >= 0.3 is 0 Å². The summed E-state index contributed by atoms with van der Waals surface area (Å²) < 4.78 is 15.6. The number of hydrazine groups is 1. The number of nitrogens with zero attached hydrogens (tertiary/aromatic N) is 1. The molecular formula is C23H46N4O5. The van der Waals surface area contributed by atoms with Crippen LogP contribution in [0.25, 0.3) is 0 Å². The van der Waals surface area contributed by atoms with Gasteiger partial charge in [0.2, 0.25) is 6.41 Å². The number of aryl methyl sites for hydroxylation is 1. The van der Waals surface area contributed by atoms with Gasteiger partial charge in [0.15, 0.2) is 0 Å². The van der Waals surface area contributed by atoms with Gasteiger partial charge < -0.3 is 35.4 Å². The second-order valence-electron chi connectivity index (χ2n) is 5.80. The molecule has 1 rings (SSSR count). The lowest BCUT2D eigenvalue weighted by Crippen LogP contribution is -2.30. The predicted molar refractivity (Wildman–Crippen MR) is 132 cm³/mol. The van der Waals surface area contributed by atoms with Gasteiger partial charge in [-0.05, 0) is 26.0 Å². The summed E-state index contributed by atoms with van der Waals surface area (Å²) in [4.78, 5) is 9.95. The van der Waals surface area contributed by atoms with Crippen LogP contribution < -0.4 is 16.9 Å². The highest BCUT2D eigenvalue weighted by Gasteiger charge is 1.94. The summed E-state index contributed by atoms with van der Waals surface area (Å²) in [5, 5.41) is 12.5. The molecule has 0 saturated heterocycles. The summed E-state index contributed by atoms with van der Waals surface area (Å²) in [5.41, 5.74) is 8.15. The number of aliphatic hydroxyl groups excluding tert-OH is 1. The first-order valence-corrected chi connectivity index (χ1v) is 11.1. The first kappa shape index (κ1) is 34.4. The Morgan fingerprint density at radius 1 is 0.969 bits per heavy atom. The Labute approximate surface area is 194 Å². The molecule has 0 atom stereocenters. The Bertz CT molecular complexity index is 524. The number of carbonyl (C=O) groups is 1. The normalized spacial score (nSPS) is 9.81. The molecule has 1 aromatic carbocycles. The van der Waals surface area contributed by atoms with E-state index in [-0.39, 0.29) is 6.61 Å². The molecule has 9 heteroatoms. The first-order valence-electron chi connectivity index (χ1n) is 11.1. The minimum atomic E-state index is 0.0371. The van der Waals surface area contributed by atoms with Crippen molar-refractivity contribution in [2.24, 2.45) is 11.6 Å². The van der Waals surface area contributed by atoms with Gasteiger partial charge in [-0.2, -0.15) is 0 Å². The number of aliphatic hydroxyl groups is 1. The molecular weight excluding hydrogens is 412 g/mol. The van der Waals surface area contributed by atoms with E-state index in [0.29, 0.717) is 58.3 Å². The van der Waals surface area contributed by atoms with Crippen molar-refractivity contribution in [3.05, 3.63) is 41.7 Å². The number of nitrogens with two attached hydrogens (primary N) is 2. The van der Waals surface area contributed by atoms with Gasteiger partial charge in [0, 0.05) is 17.6 Å². The zero-order valence-corrected chi connectivity index (χ0v) is 20.8. The molecule has 0 aliphatic heterocycles. The third-order valence-corrected chi connectivity index (χ3v) is 3.12. The molecule has 0 radical (unpaired) electrons. The molecule has 1 amide bonds. The zero-order valence-electron chi connectivity index (χ0n) is 20.8. The lowest BCUT2D eigenvalue weighted by Gasteiger charge is -2.14. The lowest BCUT2D eigenvalue weighted by atomic mass is 10.2. The SMILES string of the molecule is C/C(N)=C/N(N)CCOCCOCCOCCO.CC.CC.Cc1ccc(NC=O)cc1. The standard InChI is InChI=1S/C11H25N3O4.C8H9NO.2C2H6/c1-11(12)10-14(13)2-4-16-6-8-18-9-7-17-5-3-15;1-7-2-4-8(5-3-7)9-6-10;2*1-2/h10,15H,2-9,12-13H2,1H3;2-6H,1H3,(H,9,10);2*1-2H3/b11-10-;;;. The smallest absolute Gasteiger partial charge is 0.211 e. The number of hydrogen-bond acceptors (Lipinski definition) is 8. The average Bonchev–Trinajstić information content (AvgIpc) is 2.79. The topological polar surface area (TPSA) is 132 Å². The maximum atomic E-state index is 9.95. The van der Waals surface area contributed by atoms with E-state index in [4.69, 9.17) is 30.9 Å². The highest BCUT2D eigenvalue weighted by molar-refractivity contribution is 5.70. The fourth-order valence-electron chi connectivity index (χ4n) is 1.82. The van der Waals surface area contributed by atoms with Gasteiger partial charge in [0.05, 0.1) is 52.8 Å². The van der Waals surface area contributed by atoms with Crippen LogP contribution in [-0.4, -0.2) is 69.3 Å². The van der Waals surface area contributed by atoms with Crippen LogP contribution in [-0.2, 0) is 19.0 Å². The van der Waals surface area contributed by atoms with Crippen LogP contribution >= 0.6 is 0 Å². The van der Waals surface area contributed by atoms with Crippen LogP contribution in [0.15, 0.2) is 36.2 Å². The Morgan fingerprint density at radius 2 is 1.44 bits per heavy atom. The Kier molecular flexibility index (Phi) is 31.0. The molecule has 0 spiro atoms.